The summed E-state index contributed by atoms with van der Waals surface area (Å²) in [4.78, 5) is 37.8. The van der Waals surface area contributed by atoms with E-state index in [-0.39, 0.29) is 29.7 Å². The van der Waals surface area contributed by atoms with E-state index in [0.717, 1.165) is 24.1 Å². The predicted molar refractivity (Wildman–Crippen MR) is 105 cm³/mol. The number of anilines is 2. The number of nitrogens with one attached hydrogen (secondary N) is 1. The molecule has 0 spiro atoms. The minimum absolute atomic E-state index is 0.0326. The lowest BCUT2D eigenvalue weighted by Crippen LogP contribution is -2.37. The summed E-state index contributed by atoms with van der Waals surface area (Å²) in [5.41, 5.74) is 2.71. The molecular formula is C21H22N2O5. The van der Waals surface area contributed by atoms with Crippen molar-refractivity contribution in [3.63, 3.8) is 0 Å². The second kappa shape index (κ2) is 8.67. The van der Waals surface area contributed by atoms with Crippen LogP contribution in [-0.2, 0) is 20.7 Å². The van der Waals surface area contributed by atoms with E-state index in [1.807, 2.05) is 12.1 Å². The van der Waals surface area contributed by atoms with Gasteiger partial charge in [0.25, 0.3) is 11.8 Å². The Balaban J connectivity index is 1.80. The zero-order valence-corrected chi connectivity index (χ0v) is 15.9. The van der Waals surface area contributed by atoms with Crippen molar-refractivity contribution in [1.29, 1.82) is 0 Å². The van der Waals surface area contributed by atoms with Crippen molar-refractivity contribution >= 4 is 29.2 Å². The molecule has 0 unspecified atom stereocenters. The van der Waals surface area contributed by atoms with Crippen LogP contribution >= 0.6 is 0 Å². The Bertz CT molecular complexity index is 909. The van der Waals surface area contributed by atoms with Gasteiger partial charge in [-0.1, -0.05) is 12.1 Å². The van der Waals surface area contributed by atoms with Gasteiger partial charge >= 0.3 is 5.97 Å². The van der Waals surface area contributed by atoms with Crippen LogP contribution in [0, 0.1) is 0 Å². The van der Waals surface area contributed by atoms with Crippen LogP contribution in [0.3, 0.4) is 0 Å². The van der Waals surface area contributed by atoms with Crippen molar-refractivity contribution in [3.8, 4) is 5.75 Å². The highest BCUT2D eigenvalue weighted by atomic mass is 16.5. The van der Waals surface area contributed by atoms with Crippen LogP contribution in [-0.4, -0.2) is 38.0 Å². The topological polar surface area (TPSA) is 84.9 Å². The van der Waals surface area contributed by atoms with Gasteiger partial charge in [0.05, 0.1) is 5.56 Å². The molecule has 0 aliphatic carbocycles. The van der Waals surface area contributed by atoms with Gasteiger partial charge in [-0.05, 0) is 48.7 Å². The molecule has 0 saturated carbocycles. The molecule has 0 fully saturated rings. The molecule has 0 radical (unpaired) electrons. The molecule has 0 atom stereocenters. The average molecular weight is 382 g/mol. The first-order valence-corrected chi connectivity index (χ1v) is 9.00. The molecule has 1 aliphatic rings. The van der Waals surface area contributed by atoms with E-state index in [0.29, 0.717) is 12.2 Å². The third-order valence-electron chi connectivity index (χ3n) is 4.41. The van der Waals surface area contributed by atoms with Gasteiger partial charge in [0.15, 0.2) is 0 Å². The fourth-order valence-electron chi connectivity index (χ4n) is 3.23. The van der Waals surface area contributed by atoms with Crippen LogP contribution in [0.2, 0.25) is 0 Å². The smallest absolute Gasteiger partial charge is 0.308 e. The van der Waals surface area contributed by atoms with Crippen LogP contribution < -0.4 is 15.0 Å². The molecule has 2 amide bonds. The SMILES string of the molecule is COCC(=O)N1CCCc2cc(NC(=O)c3ccccc3OC(C)=O)ccc21. The molecule has 7 heteroatoms. The van der Waals surface area contributed by atoms with Gasteiger partial charge in [-0.15, -0.1) is 0 Å². The molecule has 0 bridgehead atoms. The minimum atomic E-state index is -0.491. The Morgan fingerprint density at radius 1 is 1.14 bits per heavy atom. The maximum atomic E-state index is 12.7. The molecule has 146 valence electrons. The number of aryl methyl sites for hydroxylation is 1. The van der Waals surface area contributed by atoms with Crippen LogP contribution in [0.1, 0.15) is 29.3 Å². The van der Waals surface area contributed by atoms with Gasteiger partial charge in [0.2, 0.25) is 0 Å². The Labute approximate surface area is 163 Å². The lowest BCUT2D eigenvalue weighted by Gasteiger charge is -2.29. The second-order valence-corrected chi connectivity index (χ2v) is 6.47. The van der Waals surface area contributed by atoms with E-state index < -0.39 is 5.97 Å². The zero-order chi connectivity index (χ0) is 20.1. The number of para-hydroxylation sites is 1. The predicted octanol–water partition coefficient (Wildman–Crippen LogP) is 2.79. The van der Waals surface area contributed by atoms with Gasteiger partial charge in [0, 0.05) is 32.0 Å². The van der Waals surface area contributed by atoms with E-state index in [4.69, 9.17) is 9.47 Å². The quantitative estimate of drug-likeness (QED) is 0.635. The Kier molecular flexibility index (Phi) is 6.06. The summed E-state index contributed by atoms with van der Waals surface area (Å²) < 4.78 is 10.1. The fourth-order valence-corrected chi connectivity index (χ4v) is 3.23. The zero-order valence-electron chi connectivity index (χ0n) is 15.9. The molecule has 1 aliphatic heterocycles. The van der Waals surface area contributed by atoms with Gasteiger partial charge in [-0.25, -0.2) is 0 Å². The Hall–Kier alpha value is -3.19. The first kappa shape index (κ1) is 19.6. The highest BCUT2D eigenvalue weighted by Crippen LogP contribution is 2.30. The minimum Gasteiger partial charge on any atom is -0.426 e. The summed E-state index contributed by atoms with van der Waals surface area (Å²) in [5.74, 6) is -0.743. The summed E-state index contributed by atoms with van der Waals surface area (Å²) >= 11 is 0. The first-order valence-electron chi connectivity index (χ1n) is 9.00. The monoisotopic (exact) mass is 382 g/mol. The first-order chi connectivity index (χ1) is 13.5. The van der Waals surface area contributed by atoms with E-state index in [9.17, 15) is 14.4 Å². The van der Waals surface area contributed by atoms with Gasteiger partial charge in [-0.3, -0.25) is 14.4 Å². The van der Waals surface area contributed by atoms with Crippen molar-refractivity contribution in [2.45, 2.75) is 19.8 Å². The Morgan fingerprint density at radius 2 is 1.93 bits per heavy atom. The molecule has 1 heterocycles. The number of esters is 1. The van der Waals surface area contributed by atoms with E-state index in [1.54, 1.807) is 35.2 Å². The normalized spacial score (nSPS) is 12.9. The second-order valence-electron chi connectivity index (χ2n) is 6.47. The number of hydrogen-bond donors (Lipinski definition) is 1. The Morgan fingerprint density at radius 3 is 2.68 bits per heavy atom. The number of carbonyl (C=O) groups is 3. The van der Waals surface area contributed by atoms with Crippen molar-refractivity contribution in [1.82, 2.24) is 0 Å². The standard InChI is InChI=1S/C21H22N2O5/c1-14(24)28-19-8-4-3-7-17(19)21(26)22-16-9-10-18-15(12-16)6-5-11-23(18)20(25)13-27-2/h3-4,7-10,12H,5-6,11,13H2,1-2H3,(H,22,26). The number of methoxy groups -OCH3 is 1. The van der Waals surface area contributed by atoms with Gasteiger partial charge in [-0.2, -0.15) is 0 Å². The number of hydrogen-bond acceptors (Lipinski definition) is 5. The third kappa shape index (κ3) is 4.37. The largest absolute Gasteiger partial charge is 0.426 e. The summed E-state index contributed by atoms with van der Waals surface area (Å²) in [7, 11) is 1.50. The van der Waals surface area contributed by atoms with Gasteiger partial charge < -0.3 is 19.7 Å². The van der Waals surface area contributed by atoms with Gasteiger partial charge in [0.1, 0.15) is 12.4 Å². The van der Waals surface area contributed by atoms with E-state index in [1.165, 1.54) is 14.0 Å². The number of fused-ring (bicyclic) bond motifs is 1. The molecule has 7 nitrogen and oxygen atoms in total. The number of amides is 2. The van der Waals surface area contributed by atoms with Crippen molar-refractivity contribution in [2.75, 3.05) is 30.5 Å². The number of benzene rings is 2. The number of ether oxygens (including phenoxy) is 2. The molecular weight excluding hydrogens is 360 g/mol. The molecule has 2 aromatic rings. The van der Waals surface area contributed by atoms with Crippen LogP contribution in [0.15, 0.2) is 42.5 Å². The summed E-state index contributed by atoms with van der Waals surface area (Å²) in [5, 5.41) is 2.83. The fraction of sp³-hybridized carbons (Fsp3) is 0.286. The summed E-state index contributed by atoms with van der Waals surface area (Å²) in [6.45, 7) is 1.97. The summed E-state index contributed by atoms with van der Waals surface area (Å²) in [6, 6.07) is 12.0. The van der Waals surface area contributed by atoms with E-state index >= 15 is 0 Å². The third-order valence-corrected chi connectivity index (χ3v) is 4.41. The maximum absolute atomic E-state index is 12.7. The van der Waals surface area contributed by atoms with Crippen LogP contribution in [0.5, 0.6) is 5.75 Å². The lowest BCUT2D eigenvalue weighted by molar-refractivity contribution is -0.131. The lowest BCUT2D eigenvalue weighted by atomic mass is 10.0. The van der Waals surface area contributed by atoms with Crippen molar-refractivity contribution in [3.05, 3.63) is 53.6 Å². The number of rotatable bonds is 5. The molecule has 0 aromatic heterocycles. The van der Waals surface area contributed by atoms with Crippen molar-refractivity contribution < 1.29 is 23.9 Å². The highest BCUT2D eigenvalue weighted by Gasteiger charge is 2.23. The highest BCUT2D eigenvalue weighted by molar-refractivity contribution is 6.06. The van der Waals surface area contributed by atoms with Crippen molar-refractivity contribution in [2.24, 2.45) is 0 Å². The molecule has 1 N–H and O–H groups in total. The molecule has 28 heavy (non-hydrogen) atoms. The number of nitrogens with zero attached hydrogens (tertiary/aromatic N) is 1. The van der Waals surface area contributed by atoms with Crippen LogP contribution in [0.25, 0.3) is 0 Å². The van der Waals surface area contributed by atoms with Crippen LogP contribution in [0.4, 0.5) is 11.4 Å². The molecule has 0 saturated heterocycles. The molecule has 3 rings (SSSR count). The molecule has 2 aromatic carbocycles. The number of carbonyl (C=O) groups excluding carboxylic acids is 3. The summed E-state index contributed by atoms with van der Waals surface area (Å²) in [6.07, 6.45) is 1.66. The average Bonchev–Trinajstić information content (AvgIpc) is 2.67. The van der Waals surface area contributed by atoms with E-state index in [2.05, 4.69) is 5.32 Å². The maximum Gasteiger partial charge on any atom is 0.308 e.